The van der Waals surface area contributed by atoms with Crippen molar-refractivity contribution in [3.63, 3.8) is 0 Å². The lowest BCUT2D eigenvalue weighted by atomic mass is 10.0. The molecule has 2 fully saturated rings. The van der Waals surface area contributed by atoms with Gasteiger partial charge in [0.2, 0.25) is 5.91 Å². The van der Waals surface area contributed by atoms with Crippen LogP contribution in [0.15, 0.2) is 24.3 Å². The van der Waals surface area contributed by atoms with E-state index >= 15 is 0 Å². The minimum atomic E-state index is -0.902. The number of piperidine rings is 1. The number of imidazole rings is 1. The maximum atomic E-state index is 12.8. The fraction of sp³-hybridized carbons (Fsp3) is 0.500. The van der Waals surface area contributed by atoms with Gasteiger partial charge in [-0.25, -0.2) is 9.78 Å². The number of aliphatic carboxylic acids is 1. The fourth-order valence-corrected chi connectivity index (χ4v) is 3.63. The lowest BCUT2D eigenvalue weighted by Crippen LogP contribution is -2.49. The molecule has 4 rings (SSSR count). The molecule has 1 atom stereocenters. The van der Waals surface area contributed by atoms with Gasteiger partial charge in [-0.15, -0.1) is 0 Å². The van der Waals surface area contributed by atoms with E-state index in [1.807, 2.05) is 28.8 Å². The number of fused-ring (bicyclic) bond motifs is 1. The van der Waals surface area contributed by atoms with Crippen LogP contribution in [0.3, 0.4) is 0 Å². The maximum absolute atomic E-state index is 12.8. The smallest absolute Gasteiger partial charge is 0.326 e. The lowest BCUT2D eigenvalue weighted by Gasteiger charge is -2.33. The number of likely N-dealkylation sites (tertiary alicyclic amines) is 1. The van der Waals surface area contributed by atoms with Crippen LogP contribution in [0.25, 0.3) is 11.0 Å². The molecule has 1 amide bonds. The lowest BCUT2D eigenvalue weighted by molar-refractivity contribution is -0.152. The molecule has 0 unspecified atom stereocenters. The highest BCUT2D eigenvalue weighted by atomic mass is 16.4. The van der Waals surface area contributed by atoms with Gasteiger partial charge in [0.1, 0.15) is 18.4 Å². The van der Waals surface area contributed by atoms with Crippen molar-refractivity contribution < 1.29 is 14.7 Å². The largest absolute Gasteiger partial charge is 0.480 e. The van der Waals surface area contributed by atoms with E-state index in [-0.39, 0.29) is 12.5 Å². The first kappa shape index (κ1) is 15.2. The van der Waals surface area contributed by atoms with Gasteiger partial charge < -0.3 is 14.6 Å². The third-order valence-corrected chi connectivity index (χ3v) is 5.03. The molecular weight excluding hydrogens is 306 g/mol. The number of carboxylic acid groups (broad SMARTS) is 1. The normalized spacial score (nSPS) is 21.2. The van der Waals surface area contributed by atoms with Crippen LogP contribution in [0.2, 0.25) is 0 Å². The first-order valence-corrected chi connectivity index (χ1v) is 8.62. The molecule has 6 heteroatoms. The second kappa shape index (κ2) is 5.92. The van der Waals surface area contributed by atoms with Crippen molar-refractivity contribution >= 4 is 22.9 Å². The van der Waals surface area contributed by atoms with Gasteiger partial charge in [0.05, 0.1) is 11.0 Å². The molecule has 2 heterocycles. The number of carboxylic acids is 1. The highest BCUT2D eigenvalue weighted by Crippen LogP contribution is 2.40. The Morgan fingerprint density at radius 2 is 1.96 bits per heavy atom. The Bertz CT molecular complexity index is 794. The molecule has 1 aliphatic carbocycles. The number of para-hydroxylation sites is 2. The Balaban J connectivity index is 1.64. The molecular formula is C18H21N3O3. The first-order valence-electron chi connectivity index (χ1n) is 8.62. The van der Waals surface area contributed by atoms with Gasteiger partial charge in [-0.3, -0.25) is 4.79 Å². The summed E-state index contributed by atoms with van der Waals surface area (Å²) >= 11 is 0. The van der Waals surface area contributed by atoms with Gasteiger partial charge in [0.25, 0.3) is 0 Å². The molecule has 1 saturated carbocycles. The number of hydrogen-bond acceptors (Lipinski definition) is 3. The third-order valence-electron chi connectivity index (χ3n) is 5.03. The summed E-state index contributed by atoms with van der Waals surface area (Å²) in [6, 6.07) is 7.15. The number of amides is 1. The topological polar surface area (TPSA) is 75.4 Å². The maximum Gasteiger partial charge on any atom is 0.326 e. The van der Waals surface area contributed by atoms with Gasteiger partial charge in [-0.05, 0) is 44.2 Å². The minimum Gasteiger partial charge on any atom is -0.480 e. The Kier molecular flexibility index (Phi) is 3.75. The predicted octanol–water partition coefficient (Wildman–Crippen LogP) is 2.38. The predicted molar refractivity (Wildman–Crippen MR) is 88.7 cm³/mol. The Morgan fingerprint density at radius 1 is 1.17 bits per heavy atom. The summed E-state index contributed by atoms with van der Waals surface area (Å²) < 4.78 is 1.99. The molecule has 24 heavy (non-hydrogen) atoms. The van der Waals surface area contributed by atoms with Crippen molar-refractivity contribution in [2.75, 3.05) is 6.54 Å². The van der Waals surface area contributed by atoms with Crippen molar-refractivity contribution in [1.29, 1.82) is 0 Å². The monoisotopic (exact) mass is 327 g/mol. The molecule has 0 bridgehead atoms. The van der Waals surface area contributed by atoms with Crippen molar-refractivity contribution in [3.05, 3.63) is 30.1 Å². The summed E-state index contributed by atoms with van der Waals surface area (Å²) in [5, 5.41) is 9.40. The number of carbonyl (C=O) groups is 2. The van der Waals surface area contributed by atoms with E-state index in [4.69, 9.17) is 4.98 Å². The molecule has 0 radical (unpaired) electrons. The fourth-order valence-electron chi connectivity index (χ4n) is 3.63. The summed E-state index contributed by atoms with van der Waals surface area (Å²) in [6.45, 7) is 0.706. The van der Waals surface area contributed by atoms with Crippen LogP contribution in [0.1, 0.15) is 43.8 Å². The van der Waals surface area contributed by atoms with E-state index < -0.39 is 12.0 Å². The van der Waals surface area contributed by atoms with E-state index in [1.165, 1.54) is 4.90 Å². The summed E-state index contributed by atoms with van der Waals surface area (Å²) in [5.41, 5.74) is 1.86. The van der Waals surface area contributed by atoms with Crippen LogP contribution < -0.4 is 0 Å². The quantitative estimate of drug-likeness (QED) is 0.935. The number of aromatic nitrogens is 2. The number of benzene rings is 1. The van der Waals surface area contributed by atoms with E-state index in [1.54, 1.807) is 0 Å². The zero-order chi connectivity index (χ0) is 16.7. The molecule has 6 nitrogen and oxygen atoms in total. The number of rotatable bonds is 4. The summed E-state index contributed by atoms with van der Waals surface area (Å²) in [5.74, 6) is 0.378. The van der Waals surface area contributed by atoms with E-state index in [9.17, 15) is 14.7 Å². The van der Waals surface area contributed by atoms with Crippen LogP contribution in [0, 0.1) is 0 Å². The van der Waals surface area contributed by atoms with E-state index in [0.29, 0.717) is 18.9 Å². The molecule has 1 aromatic carbocycles. The highest BCUT2D eigenvalue weighted by Gasteiger charge is 2.34. The standard InChI is InChI=1S/C18H21N3O3/c22-16(20-10-4-3-7-15(20)18(23)24)11-21-14-6-2-1-5-13(14)19-17(21)12-8-9-12/h1-2,5-6,12,15H,3-4,7-11H2,(H,23,24)/t15-/m1/s1. The number of carbonyl (C=O) groups excluding carboxylic acids is 1. The first-order chi connectivity index (χ1) is 11.6. The van der Waals surface area contributed by atoms with Gasteiger partial charge in [0, 0.05) is 12.5 Å². The van der Waals surface area contributed by atoms with Gasteiger partial charge >= 0.3 is 5.97 Å². The van der Waals surface area contributed by atoms with Crippen LogP contribution >= 0.6 is 0 Å². The highest BCUT2D eigenvalue weighted by molar-refractivity contribution is 5.85. The van der Waals surface area contributed by atoms with Crippen LogP contribution in [-0.4, -0.2) is 44.0 Å². The summed E-state index contributed by atoms with van der Waals surface area (Å²) in [4.78, 5) is 30.5. The molecule has 1 saturated heterocycles. The minimum absolute atomic E-state index is 0.118. The Hall–Kier alpha value is -2.37. The SMILES string of the molecule is O=C(O)[C@H]1CCCCN1C(=O)Cn1c(C2CC2)nc2ccccc21. The molecule has 0 spiro atoms. The van der Waals surface area contributed by atoms with Crippen molar-refractivity contribution in [2.45, 2.75) is 50.6 Å². The molecule has 1 aliphatic heterocycles. The molecule has 126 valence electrons. The second-order valence-electron chi connectivity index (χ2n) is 6.76. The zero-order valence-electron chi connectivity index (χ0n) is 13.5. The average Bonchev–Trinajstić information content (AvgIpc) is 3.38. The number of nitrogens with zero attached hydrogens (tertiary/aromatic N) is 3. The van der Waals surface area contributed by atoms with Gasteiger partial charge in [-0.1, -0.05) is 12.1 Å². The average molecular weight is 327 g/mol. The number of hydrogen-bond donors (Lipinski definition) is 1. The van der Waals surface area contributed by atoms with E-state index in [0.717, 1.165) is 42.5 Å². The van der Waals surface area contributed by atoms with Crippen molar-refractivity contribution in [2.24, 2.45) is 0 Å². The van der Waals surface area contributed by atoms with Gasteiger partial charge in [-0.2, -0.15) is 0 Å². The van der Waals surface area contributed by atoms with E-state index in [2.05, 4.69) is 0 Å². The molecule has 1 N–H and O–H groups in total. The zero-order valence-corrected chi connectivity index (χ0v) is 13.5. The Labute approximate surface area is 140 Å². The van der Waals surface area contributed by atoms with Gasteiger partial charge in [0.15, 0.2) is 0 Å². The second-order valence-corrected chi connectivity index (χ2v) is 6.76. The van der Waals surface area contributed by atoms with Crippen LogP contribution in [-0.2, 0) is 16.1 Å². The third kappa shape index (κ3) is 2.66. The molecule has 1 aromatic heterocycles. The van der Waals surface area contributed by atoms with Crippen molar-refractivity contribution in [1.82, 2.24) is 14.5 Å². The van der Waals surface area contributed by atoms with Crippen molar-refractivity contribution in [3.8, 4) is 0 Å². The Morgan fingerprint density at radius 3 is 2.71 bits per heavy atom. The summed E-state index contributed by atoms with van der Waals surface area (Å²) in [6.07, 6.45) is 4.50. The van der Waals surface area contributed by atoms with Crippen LogP contribution in [0.5, 0.6) is 0 Å². The van der Waals surface area contributed by atoms with Crippen LogP contribution in [0.4, 0.5) is 0 Å². The molecule has 2 aliphatic rings. The summed E-state index contributed by atoms with van der Waals surface area (Å²) in [7, 11) is 0. The molecule has 2 aromatic rings.